The summed E-state index contributed by atoms with van der Waals surface area (Å²) >= 11 is 0. The number of benzene rings is 2. The second-order valence-electron chi connectivity index (χ2n) is 4.37. The third-order valence-electron chi connectivity index (χ3n) is 3.10. The fraction of sp³-hybridized carbons (Fsp3) is 0. The molecule has 0 bridgehead atoms. The molecule has 0 saturated heterocycles. The largest absolute Gasteiger partial charge is 0.744 e. The normalized spacial score (nSPS) is 11.7. The predicted molar refractivity (Wildman–Crippen MR) is 73.4 cm³/mol. The maximum atomic E-state index is 11.7. The van der Waals surface area contributed by atoms with Gasteiger partial charge in [-0.1, -0.05) is 30.3 Å². The highest BCUT2D eigenvalue weighted by molar-refractivity contribution is 7.86. The van der Waals surface area contributed by atoms with Crippen LogP contribution in [-0.2, 0) is 10.1 Å². The molecule has 3 rings (SSSR count). The first kappa shape index (κ1) is 12.8. The zero-order valence-electron chi connectivity index (χ0n) is 10.4. The summed E-state index contributed by atoms with van der Waals surface area (Å²) < 4.78 is 36.6. The van der Waals surface area contributed by atoms with E-state index < -0.39 is 10.1 Å². The maximum Gasteiger partial charge on any atom is 0.228 e. The summed E-state index contributed by atoms with van der Waals surface area (Å²) in [6.45, 7) is 0. The molecule has 0 spiro atoms. The molecule has 0 N–H and O–H groups in total. The van der Waals surface area contributed by atoms with Crippen molar-refractivity contribution in [1.29, 1.82) is 0 Å². The van der Waals surface area contributed by atoms with Crippen LogP contribution in [-0.4, -0.2) is 13.0 Å². The minimum Gasteiger partial charge on any atom is -0.744 e. The molecule has 4 nitrogen and oxygen atoms in total. The molecule has 3 aromatic rings. The van der Waals surface area contributed by atoms with Crippen LogP contribution in [0.25, 0.3) is 16.5 Å². The fourth-order valence-corrected chi connectivity index (χ4v) is 3.14. The molecule has 0 unspecified atom stereocenters. The molecule has 0 atom stereocenters. The van der Waals surface area contributed by atoms with Gasteiger partial charge in [0.2, 0.25) is 5.69 Å². The van der Waals surface area contributed by atoms with Gasteiger partial charge in [-0.05, 0) is 11.5 Å². The number of rotatable bonds is 2. The van der Waals surface area contributed by atoms with Crippen molar-refractivity contribution in [3.05, 3.63) is 67.0 Å². The van der Waals surface area contributed by atoms with Gasteiger partial charge in [0.1, 0.15) is 15.0 Å². The molecule has 2 aromatic carbocycles. The van der Waals surface area contributed by atoms with Crippen LogP contribution in [0.3, 0.4) is 0 Å². The van der Waals surface area contributed by atoms with Crippen LogP contribution in [0, 0.1) is 0 Å². The highest BCUT2D eigenvalue weighted by Crippen LogP contribution is 2.26. The van der Waals surface area contributed by atoms with E-state index in [1.54, 1.807) is 65.5 Å². The van der Waals surface area contributed by atoms with Gasteiger partial charge in [-0.3, -0.25) is 0 Å². The summed E-state index contributed by atoms with van der Waals surface area (Å²) in [6.07, 6.45) is 3.41. The lowest BCUT2D eigenvalue weighted by Crippen LogP contribution is -2.31. The molecule has 0 saturated carbocycles. The first-order chi connectivity index (χ1) is 9.57. The molecule has 20 heavy (non-hydrogen) atoms. The molecule has 1 aromatic heterocycles. The van der Waals surface area contributed by atoms with E-state index in [0.717, 1.165) is 5.39 Å². The Balaban J connectivity index is 2.45. The molecule has 5 heteroatoms. The Hall–Kier alpha value is -2.24. The Morgan fingerprint density at radius 3 is 2.25 bits per heavy atom. The first-order valence-electron chi connectivity index (χ1n) is 6.02. The SMILES string of the molecule is O=S(=O)([O-])c1c(-[n+]2ccccc2)ccc2ccccc12. The zero-order valence-corrected chi connectivity index (χ0v) is 11.2. The molecule has 0 fully saturated rings. The van der Waals surface area contributed by atoms with E-state index >= 15 is 0 Å². The Labute approximate surface area is 116 Å². The van der Waals surface area contributed by atoms with Gasteiger partial charge in [-0.15, -0.1) is 0 Å². The molecule has 0 amide bonds. The molecule has 0 aliphatic rings. The number of nitrogens with zero attached hydrogens (tertiary/aromatic N) is 1. The van der Waals surface area contributed by atoms with Gasteiger partial charge in [-0.2, -0.15) is 4.57 Å². The van der Waals surface area contributed by atoms with Gasteiger partial charge in [0, 0.05) is 23.6 Å². The summed E-state index contributed by atoms with van der Waals surface area (Å²) in [6, 6.07) is 15.8. The van der Waals surface area contributed by atoms with E-state index in [1.165, 1.54) is 0 Å². The molecule has 0 radical (unpaired) electrons. The van der Waals surface area contributed by atoms with Crippen molar-refractivity contribution in [1.82, 2.24) is 0 Å². The molecule has 1 heterocycles. The minimum atomic E-state index is -4.58. The topological polar surface area (TPSA) is 61.1 Å². The van der Waals surface area contributed by atoms with Crippen molar-refractivity contribution in [2.75, 3.05) is 0 Å². The monoisotopic (exact) mass is 285 g/mol. The van der Waals surface area contributed by atoms with Gasteiger partial charge in [0.05, 0.1) is 0 Å². The molecule has 0 aliphatic carbocycles. The average molecular weight is 285 g/mol. The van der Waals surface area contributed by atoms with Crippen molar-refractivity contribution >= 4 is 20.9 Å². The van der Waals surface area contributed by atoms with E-state index in [-0.39, 0.29) is 4.90 Å². The maximum absolute atomic E-state index is 11.7. The highest BCUT2D eigenvalue weighted by Gasteiger charge is 2.20. The highest BCUT2D eigenvalue weighted by atomic mass is 32.2. The van der Waals surface area contributed by atoms with Crippen molar-refractivity contribution in [2.24, 2.45) is 0 Å². The smallest absolute Gasteiger partial charge is 0.228 e. The molecular formula is C15H11NO3S. The second kappa shape index (κ2) is 4.70. The summed E-state index contributed by atoms with van der Waals surface area (Å²) in [5, 5.41) is 1.17. The minimum absolute atomic E-state index is 0.188. The Kier molecular flexibility index (Phi) is 3.00. The lowest BCUT2D eigenvalue weighted by atomic mass is 10.1. The summed E-state index contributed by atoms with van der Waals surface area (Å²) in [5.74, 6) is 0. The third kappa shape index (κ3) is 2.17. The third-order valence-corrected chi connectivity index (χ3v) is 4.03. The van der Waals surface area contributed by atoms with Gasteiger partial charge in [-0.25, -0.2) is 8.42 Å². The second-order valence-corrected chi connectivity index (χ2v) is 5.69. The lowest BCUT2D eigenvalue weighted by Gasteiger charge is -2.12. The van der Waals surface area contributed by atoms with Crippen LogP contribution >= 0.6 is 0 Å². The van der Waals surface area contributed by atoms with Gasteiger partial charge in [0.15, 0.2) is 12.4 Å². The number of hydrogen-bond acceptors (Lipinski definition) is 3. The quantitative estimate of drug-likeness (QED) is 0.534. The van der Waals surface area contributed by atoms with Crippen LogP contribution in [0.4, 0.5) is 0 Å². The first-order valence-corrected chi connectivity index (χ1v) is 7.42. The number of fused-ring (bicyclic) bond motifs is 1. The molecule has 0 aliphatic heterocycles. The Morgan fingerprint density at radius 1 is 0.850 bits per heavy atom. The van der Waals surface area contributed by atoms with Crippen molar-refractivity contribution in [3.63, 3.8) is 0 Å². The zero-order chi connectivity index (χ0) is 14.2. The van der Waals surface area contributed by atoms with Crippen LogP contribution in [0.2, 0.25) is 0 Å². The summed E-state index contributed by atoms with van der Waals surface area (Å²) in [4.78, 5) is -0.188. The number of pyridine rings is 1. The predicted octanol–water partition coefficient (Wildman–Crippen LogP) is 2.02. The van der Waals surface area contributed by atoms with E-state index in [0.29, 0.717) is 11.1 Å². The van der Waals surface area contributed by atoms with Crippen LogP contribution < -0.4 is 4.57 Å². The van der Waals surface area contributed by atoms with E-state index in [1.807, 2.05) is 6.07 Å². The van der Waals surface area contributed by atoms with Gasteiger partial charge in [0.25, 0.3) is 0 Å². The number of aromatic nitrogens is 1. The van der Waals surface area contributed by atoms with Crippen molar-refractivity contribution < 1.29 is 17.5 Å². The van der Waals surface area contributed by atoms with E-state index in [4.69, 9.17) is 0 Å². The Morgan fingerprint density at radius 2 is 1.55 bits per heavy atom. The van der Waals surface area contributed by atoms with Crippen molar-refractivity contribution in [3.8, 4) is 5.69 Å². The van der Waals surface area contributed by atoms with Gasteiger partial charge >= 0.3 is 0 Å². The van der Waals surface area contributed by atoms with Crippen LogP contribution in [0.5, 0.6) is 0 Å². The number of hydrogen-bond donors (Lipinski definition) is 0. The van der Waals surface area contributed by atoms with Crippen LogP contribution in [0.1, 0.15) is 0 Å². The summed E-state index contributed by atoms with van der Waals surface area (Å²) in [5.41, 5.74) is 0.360. The molecule has 100 valence electrons. The molecular weight excluding hydrogens is 274 g/mol. The average Bonchev–Trinajstić information content (AvgIpc) is 2.46. The standard InChI is InChI=1S/C15H11NO3S/c17-20(18,19)15-13-7-3-2-6-12(13)8-9-14(15)16-10-4-1-5-11-16/h1-11H. The van der Waals surface area contributed by atoms with E-state index in [2.05, 4.69) is 0 Å². The Bertz CT molecular complexity index is 874. The summed E-state index contributed by atoms with van der Waals surface area (Å²) in [7, 11) is -4.58. The lowest BCUT2D eigenvalue weighted by molar-refractivity contribution is -0.598. The van der Waals surface area contributed by atoms with Gasteiger partial charge < -0.3 is 4.55 Å². The van der Waals surface area contributed by atoms with Crippen LogP contribution in [0.15, 0.2) is 71.9 Å². The van der Waals surface area contributed by atoms with E-state index in [9.17, 15) is 13.0 Å². The fourth-order valence-electron chi connectivity index (χ4n) is 2.26. The van der Waals surface area contributed by atoms with Crippen molar-refractivity contribution in [2.45, 2.75) is 4.90 Å².